The van der Waals surface area contributed by atoms with Gasteiger partial charge in [-0.15, -0.1) is 0 Å². The summed E-state index contributed by atoms with van der Waals surface area (Å²) in [6, 6.07) is 42.2. The number of aromatic nitrogens is 6. The lowest BCUT2D eigenvalue weighted by Crippen LogP contribution is -2.33. The normalized spacial score (nSPS) is 11.6. The van der Waals surface area contributed by atoms with Crippen LogP contribution in [0.25, 0.3) is 57.0 Å². The molecule has 0 aliphatic rings. The first-order valence-corrected chi connectivity index (χ1v) is 22.6. The minimum absolute atomic E-state index is 0.0172. The number of benzene rings is 5. The average molecular weight is 876 g/mol. The van der Waals surface area contributed by atoms with E-state index >= 15 is 0 Å². The third-order valence-corrected chi connectivity index (χ3v) is 12.6. The summed E-state index contributed by atoms with van der Waals surface area (Å²) in [7, 11) is 0. The highest BCUT2D eigenvalue weighted by Gasteiger charge is 2.36. The Morgan fingerprint density at radius 2 is 0.742 bits per heavy atom. The number of nitrogens with zero attached hydrogens (tertiary/aromatic N) is 6. The summed E-state index contributed by atoms with van der Waals surface area (Å²) in [6.45, 7) is 23.8. The molecule has 0 atom stereocenters. The Hall–Kier alpha value is -7.65. The van der Waals surface area contributed by atoms with Crippen molar-refractivity contribution >= 4 is 17.1 Å². The van der Waals surface area contributed by atoms with Crippen LogP contribution in [0.5, 0.6) is 0 Å². The second-order valence-electron chi connectivity index (χ2n) is 18.2. The maximum absolute atomic E-state index is 5.77. The van der Waals surface area contributed by atoms with Crippen LogP contribution in [0.3, 0.4) is 0 Å². The van der Waals surface area contributed by atoms with Crippen molar-refractivity contribution in [1.29, 1.82) is 0 Å². The molecule has 0 aliphatic carbocycles. The zero-order valence-electron chi connectivity index (χ0n) is 39.9. The summed E-state index contributed by atoms with van der Waals surface area (Å²) in [5.74, 6) is 3.48. The first kappa shape index (κ1) is 43.6. The molecule has 332 valence electrons. The summed E-state index contributed by atoms with van der Waals surface area (Å²) in [6.07, 6.45) is 11.2. The molecule has 11 aromatic rings. The maximum Gasteiger partial charge on any atom is 0.338 e. The molecule has 9 heteroatoms. The molecule has 66 heavy (non-hydrogen) atoms. The molecule has 0 N–H and O–H groups in total. The third-order valence-electron chi connectivity index (χ3n) is 12.6. The molecular formula is C57H59N6O3+3. The fourth-order valence-corrected chi connectivity index (χ4v) is 9.49. The molecule has 11 rings (SSSR count). The van der Waals surface area contributed by atoms with Gasteiger partial charge in [-0.25, -0.2) is 0 Å². The molecule has 0 radical (unpaired) electrons. The fourth-order valence-electron chi connectivity index (χ4n) is 9.49. The van der Waals surface area contributed by atoms with Crippen LogP contribution in [0, 0.1) is 55.4 Å². The number of hydrogen-bond donors (Lipinski definition) is 0. The van der Waals surface area contributed by atoms with Gasteiger partial charge >= 0.3 is 28.8 Å². The molecule has 9 nitrogen and oxygen atoms in total. The number of imidazole rings is 3. The summed E-state index contributed by atoms with van der Waals surface area (Å²) in [5.41, 5.74) is 18.3. The van der Waals surface area contributed by atoms with Crippen LogP contribution in [0.1, 0.15) is 71.5 Å². The van der Waals surface area contributed by atoms with Crippen LogP contribution >= 0.6 is 0 Å². The minimum Gasteiger partial charge on any atom is -0.424 e. The Morgan fingerprint density at radius 1 is 0.379 bits per heavy atom. The van der Waals surface area contributed by atoms with E-state index in [9.17, 15) is 0 Å². The van der Waals surface area contributed by atoms with Crippen LogP contribution in [0.2, 0.25) is 0 Å². The van der Waals surface area contributed by atoms with Crippen molar-refractivity contribution in [2.24, 2.45) is 0 Å². The second kappa shape index (κ2) is 17.4. The smallest absolute Gasteiger partial charge is 0.338 e. The van der Waals surface area contributed by atoms with Gasteiger partial charge in [0.15, 0.2) is 17.1 Å². The second-order valence-corrected chi connectivity index (χ2v) is 18.2. The molecule has 0 spiro atoms. The number of aryl methyl sites for hydroxylation is 8. The van der Waals surface area contributed by atoms with E-state index < -0.39 is 0 Å². The highest BCUT2D eigenvalue weighted by molar-refractivity contribution is 5.68. The predicted octanol–water partition coefficient (Wildman–Crippen LogP) is 12.5. The zero-order chi connectivity index (χ0) is 46.4. The van der Waals surface area contributed by atoms with Gasteiger partial charge in [0, 0.05) is 20.8 Å². The summed E-state index contributed by atoms with van der Waals surface area (Å²) >= 11 is 0. The first-order chi connectivity index (χ1) is 31.8. The predicted molar refractivity (Wildman–Crippen MR) is 261 cm³/mol. The van der Waals surface area contributed by atoms with E-state index in [1.807, 2.05) is 24.7 Å². The van der Waals surface area contributed by atoms with E-state index in [2.05, 4.69) is 218 Å². The molecule has 6 heterocycles. The molecule has 0 unspecified atom stereocenters. The van der Waals surface area contributed by atoms with Crippen LogP contribution in [-0.4, -0.2) is 13.7 Å². The largest absolute Gasteiger partial charge is 0.424 e. The Kier molecular flexibility index (Phi) is 11.5. The van der Waals surface area contributed by atoms with E-state index in [1.165, 1.54) is 56.3 Å². The molecule has 0 saturated carbocycles. The van der Waals surface area contributed by atoms with Gasteiger partial charge in [-0.1, -0.05) is 91.0 Å². The summed E-state index contributed by atoms with van der Waals surface area (Å²) < 4.78 is 30.4. The average Bonchev–Trinajstić information content (AvgIpc) is 4.16. The SMILES string of the molecule is Cc1ccccc1-n1c(C)c2occ[n+]2c1-c1c(C)cccc1C.Cc1ccccc1-n1c(C)c2occ[n+]2c1-c1ccccc1.Cc1ccccc1-n1c(C)c2occ[n+]2c1C(C)(C)C. The number of hydrogen-bond acceptors (Lipinski definition) is 3. The molecular weight excluding hydrogens is 817 g/mol. The van der Waals surface area contributed by atoms with E-state index in [-0.39, 0.29) is 5.41 Å². The van der Waals surface area contributed by atoms with E-state index in [0.29, 0.717) is 0 Å². The van der Waals surface area contributed by atoms with Crippen molar-refractivity contribution in [1.82, 2.24) is 13.7 Å². The lowest BCUT2D eigenvalue weighted by atomic mass is 9.95. The van der Waals surface area contributed by atoms with Crippen molar-refractivity contribution in [2.75, 3.05) is 0 Å². The van der Waals surface area contributed by atoms with Crippen LogP contribution in [0.15, 0.2) is 172 Å². The number of fused-ring (bicyclic) bond motifs is 3. The van der Waals surface area contributed by atoms with Crippen LogP contribution in [0.4, 0.5) is 0 Å². The Bertz CT molecular complexity index is 3490. The lowest BCUT2D eigenvalue weighted by Gasteiger charge is -2.15. The van der Waals surface area contributed by atoms with Gasteiger partial charge in [0.2, 0.25) is 0 Å². The fraction of sp³-hybridized carbons (Fsp3) is 0.211. The number of rotatable bonds is 5. The molecule has 0 saturated heterocycles. The van der Waals surface area contributed by atoms with Gasteiger partial charge in [0.05, 0.1) is 16.5 Å². The van der Waals surface area contributed by atoms with Crippen molar-refractivity contribution in [3.8, 4) is 39.8 Å². The van der Waals surface area contributed by atoms with Gasteiger partial charge < -0.3 is 13.3 Å². The van der Waals surface area contributed by atoms with E-state index in [0.717, 1.165) is 51.4 Å². The number of para-hydroxylation sites is 3. The van der Waals surface area contributed by atoms with Gasteiger partial charge in [-0.05, 0) is 114 Å². The van der Waals surface area contributed by atoms with Gasteiger partial charge in [0.1, 0.15) is 54.4 Å². The lowest BCUT2D eigenvalue weighted by molar-refractivity contribution is -0.528. The molecule has 0 bridgehead atoms. The van der Waals surface area contributed by atoms with Crippen molar-refractivity contribution in [2.45, 2.75) is 81.6 Å². The van der Waals surface area contributed by atoms with E-state index in [1.54, 1.807) is 18.8 Å². The molecule has 5 aromatic carbocycles. The highest BCUT2D eigenvalue weighted by atomic mass is 16.3. The Morgan fingerprint density at radius 3 is 1.21 bits per heavy atom. The van der Waals surface area contributed by atoms with Gasteiger partial charge in [-0.3, -0.25) is 0 Å². The Labute approximate surface area is 386 Å². The molecule has 0 amide bonds. The van der Waals surface area contributed by atoms with Crippen LogP contribution in [-0.2, 0) is 5.41 Å². The van der Waals surface area contributed by atoms with Crippen molar-refractivity contribution in [3.63, 3.8) is 0 Å². The topological polar surface area (TPSA) is 66.5 Å². The maximum atomic E-state index is 5.77. The van der Waals surface area contributed by atoms with E-state index in [4.69, 9.17) is 13.3 Å². The third kappa shape index (κ3) is 7.54. The summed E-state index contributed by atoms with van der Waals surface area (Å²) in [4.78, 5) is 0. The highest BCUT2D eigenvalue weighted by Crippen LogP contribution is 2.33. The number of oxazole rings is 3. The van der Waals surface area contributed by atoms with Gasteiger partial charge in [-0.2, -0.15) is 26.9 Å². The van der Waals surface area contributed by atoms with Crippen molar-refractivity contribution < 1.29 is 26.5 Å². The quantitative estimate of drug-likeness (QED) is 0.162. The molecule has 6 aromatic heterocycles. The Balaban J connectivity index is 0.000000125. The van der Waals surface area contributed by atoms with Crippen LogP contribution < -0.4 is 13.2 Å². The van der Waals surface area contributed by atoms with Crippen molar-refractivity contribution in [3.05, 3.63) is 209 Å². The monoisotopic (exact) mass is 875 g/mol. The summed E-state index contributed by atoms with van der Waals surface area (Å²) in [5, 5.41) is 0. The minimum atomic E-state index is 0.0172. The molecule has 0 fully saturated rings. The first-order valence-electron chi connectivity index (χ1n) is 22.6. The molecule has 0 aliphatic heterocycles. The zero-order valence-corrected chi connectivity index (χ0v) is 39.9. The standard InChI is InChI=1S/C21H21N2O.C19H17N2O.C17H21N2O/c1-14-8-5-6-11-18(14)23-17(4)21-22(12-13-24-21)20(23)19-15(2)9-7-10-16(19)3;1-14-8-6-7-11-17(14)21-15(2)19-20(12-13-22-19)18(21)16-9-4-3-5-10-16;1-12-8-6-7-9-14(12)19-13(2)15-18(10-11-20-15)16(19)17(3,4)5/h5-13H,1-4H3;3-13H,1-2H3;6-11H,1-5H3/q3*+1. The van der Waals surface area contributed by atoms with Gasteiger partial charge in [0.25, 0.3) is 5.82 Å².